The van der Waals surface area contributed by atoms with E-state index < -0.39 is 0 Å². The van der Waals surface area contributed by atoms with E-state index in [4.69, 9.17) is 4.42 Å². The molecule has 2 heterocycles. The number of aromatic amines is 1. The zero-order chi connectivity index (χ0) is 19.3. The number of carbonyl (C=O) groups is 1. The highest BCUT2D eigenvalue weighted by atomic mass is 16.3. The predicted octanol–water partition coefficient (Wildman–Crippen LogP) is 4.59. The van der Waals surface area contributed by atoms with Crippen LogP contribution in [0.1, 0.15) is 28.1 Å². The van der Waals surface area contributed by atoms with Gasteiger partial charge in [0.1, 0.15) is 17.2 Å². The molecule has 1 aliphatic rings. The third-order valence-corrected chi connectivity index (χ3v) is 5.59. The summed E-state index contributed by atoms with van der Waals surface area (Å²) >= 11 is 0. The molecule has 0 radical (unpaired) electrons. The van der Waals surface area contributed by atoms with E-state index in [-0.39, 0.29) is 5.91 Å². The number of hydrogen-bond acceptors (Lipinski definition) is 3. The zero-order valence-corrected chi connectivity index (χ0v) is 16.1. The number of para-hydroxylation sites is 1. The van der Waals surface area contributed by atoms with E-state index in [1.807, 2.05) is 24.3 Å². The van der Waals surface area contributed by atoms with Gasteiger partial charge in [0, 0.05) is 54.0 Å². The Morgan fingerprint density at radius 1 is 1.18 bits per heavy atom. The number of aromatic nitrogens is 1. The summed E-state index contributed by atoms with van der Waals surface area (Å²) in [5.74, 6) is 2.12. The van der Waals surface area contributed by atoms with Gasteiger partial charge in [-0.1, -0.05) is 18.2 Å². The summed E-state index contributed by atoms with van der Waals surface area (Å²) in [7, 11) is 3.55. The lowest BCUT2D eigenvalue weighted by Gasteiger charge is -2.23. The third kappa shape index (κ3) is 2.83. The molecule has 2 aromatic carbocycles. The Morgan fingerprint density at radius 3 is 2.86 bits per heavy atom. The van der Waals surface area contributed by atoms with Crippen LogP contribution >= 0.6 is 0 Å². The Balaban J connectivity index is 1.44. The molecule has 0 spiro atoms. The average molecular weight is 373 g/mol. The summed E-state index contributed by atoms with van der Waals surface area (Å²) in [5, 5.41) is 5.92. The van der Waals surface area contributed by atoms with E-state index in [1.54, 1.807) is 19.0 Å². The maximum absolute atomic E-state index is 12.3. The van der Waals surface area contributed by atoms with Gasteiger partial charge in [0.05, 0.1) is 0 Å². The predicted molar refractivity (Wildman–Crippen MR) is 112 cm³/mol. The van der Waals surface area contributed by atoms with E-state index >= 15 is 0 Å². The molecule has 142 valence electrons. The molecule has 0 saturated carbocycles. The Morgan fingerprint density at radius 2 is 2.04 bits per heavy atom. The molecule has 5 heteroatoms. The molecule has 1 atom stereocenters. The molecule has 0 aliphatic heterocycles. The molecule has 2 N–H and O–H groups in total. The van der Waals surface area contributed by atoms with Crippen LogP contribution in [0, 0.1) is 0 Å². The number of carbonyl (C=O) groups excluding carboxylic acids is 1. The highest BCUT2D eigenvalue weighted by molar-refractivity contribution is 5.98. The van der Waals surface area contributed by atoms with Crippen molar-refractivity contribution in [2.75, 3.05) is 19.4 Å². The lowest BCUT2D eigenvalue weighted by Crippen LogP contribution is -2.27. The normalized spacial score (nSPS) is 16.3. The molecule has 28 heavy (non-hydrogen) atoms. The molecule has 1 unspecified atom stereocenters. The van der Waals surface area contributed by atoms with Gasteiger partial charge in [0.15, 0.2) is 0 Å². The Labute approximate surface area is 163 Å². The second-order valence-corrected chi connectivity index (χ2v) is 7.77. The number of aryl methyl sites for hydroxylation is 1. The smallest absolute Gasteiger partial charge is 0.253 e. The van der Waals surface area contributed by atoms with Crippen LogP contribution in [0.4, 0.5) is 5.82 Å². The minimum atomic E-state index is 0.0143. The van der Waals surface area contributed by atoms with Crippen molar-refractivity contribution >= 4 is 33.6 Å². The fourth-order valence-electron chi connectivity index (χ4n) is 4.16. The first-order valence-electron chi connectivity index (χ1n) is 9.69. The number of furan rings is 1. The number of fused-ring (bicyclic) bond motifs is 4. The van der Waals surface area contributed by atoms with Crippen molar-refractivity contribution in [3.8, 4) is 0 Å². The Kier molecular flexibility index (Phi) is 3.90. The number of nitrogens with zero attached hydrogens (tertiary/aromatic N) is 1. The minimum absolute atomic E-state index is 0.0143. The highest BCUT2D eigenvalue weighted by Gasteiger charge is 2.25. The molecule has 2 aromatic heterocycles. The molecular weight excluding hydrogens is 350 g/mol. The maximum atomic E-state index is 12.3. The first-order chi connectivity index (χ1) is 13.6. The van der Waals surface area contributed by atoms with Gasteiger partial charge in [-0.25, -0.2) is 0 Å². The number of anilines is 1. The van der Waals surface area contributed by atoms with Crippen molar-refractivity contribution in [1.82, 2.24) is 9.88 Å². The van der Waals surface area contributed by atoms with E-state index in [0.29, 0.717) is 11.6 Å². The molecule has 5 rings (SSSR count). The number of amides is 1. The molecule has 1 amide bonds. The van der Waals surface area contributed by atoms with Crippen molar-refractivity contribution in [1.29, 1.82) is 0 Å². The molecule has 1 aliphatic carbocycles. The van der Waals surface area contributed by atoms with Crippen LogP contribution in [0.25, 0.3) is 21.9 Å². The fourth-order valence-corrected chi connectivity index (χ4v) is 4.16. The number of nitrogens with one attached hydrogen (secondary N) is 2. The first kappa shape index (κ1) is 16.9. The van der Waals surface area contributed by atoms with Crippen molar-refractivity contribution < 1.29 is 9.21 Å². The topological polar surface area (TPSA) is 61.3 Å². The van der Waals surface area contributed by atoms with Crippen LogP contribution in [-0.2, 0) is 12.8 Å². The van der Waals surface area contributed by atoms with Crippen molar-refractivity contribution in [2.24, 2.45) is 0 Å². The highest BCUT2D eigenvalue weighted by Crippen LogP contribution is 2.34. The van der Waals surface area contributed by atoms with Crippen molar-refractivity contribution in [3.63, 3.8) is 0 Å². The molecule has 0 bridgehead atoms. The van der Waals surface area contributed by atoms with Crippen LogP contribution < -0.4 is 5.32 Å². The van der Waals surface area contributed by atoms with Gasteiger partial charge in [-0.15, -0.1) is 0 Å². The molecular formula is C23H23N3O2. The van der Waals surface area contributed by atoms with Gasteiger partial charge in [0.2, 0.25) is 0 Å². The van der Waals surface area contributed by atoms with Gasteiger partial charge in [-0.3, -0.25) is 4.79 Å². The van der Waals surface area contributed by atoms with Crippen LogP contribution in [0.15, 0.2) is 52.9 Å². The second kappa shape index (κ2) is 6.44. The van der Waals surface area contributed by atoms with E-state index in [1.165, 1.54) is 10.9 Å². The number of rotatable bonds is 3. The quantitative estimate of drug-likeness (QED) is 0.552. The van der Waals surface area contributed by atoms with E-state index in [2.05, 4.69) is 34.6 Å². The molecule has 0 fully saturated rings. The van der Waals surface area contributed by atoms with Gasteiger partial charge in [-0.2, -0.15) is 0 Å². The SMILES string of the molecule is CN(C)C(=O)c1ccc2oc3c(c2c1)CC(Nc1cc2ccccc2[nH]1)CC3. The van der Waals surface area contributed by atoms with Crippen LogP contribution in [-0.4, -0.2) is 35.9 Å². The monoisotopic (exact) mass is 373 g/mol. The van der Waals surface area contributed by atoms with E-state index in [0.717, 1.165) is 47.3 Å². The molecule has 4 aromatic rings. The Bertz CT molecular complexity index is 1150. The standard InChI is InChI=1S/C23H23N3O2/c1-26(2)23(27)15-7-9-20-17(11-15)18-13-16(8-10-21(18)28-20)24-22-12-14-5-3-4-6-19(14)25-22/h3-7,9,11-12,16,24-25H,8,10,13H2,1-2H3. The third-order valence-electron chi connectivity index (χ3n) is 5.59. The van der Waals surface area contributed by atoms with Crippen LogP contribution in [0.3, 0.4) is 0 Å². The summed E-state index contributed by atoms with van der Waals surface area (Å²) in [6, 6.07) is 16.5. The van der Waals surface area contributed by atoms with Crippen molar-refractivity contribution in [2.45, 2.75) is 25.3 Å². The lowest BCUT2D eigenvalue weighted by atomic mass is 9.91. The average Bonchev–Trinajstić information content (AvgIpc) is 3.27. The fraction of sp³-hybridized carbons (Fsp3) is 0.261. The summed E-state index contributed by atoms with van der Waals surface area (Å²) in [6.07, 6.45) is 2.81. The van der Waals surface area contributed by atoms with Gasteiger partial charge < -0.3 is 19.6 Å². The van der Waals surface area contributed by atoms with Gasteiger partial charge in [0.25, 0.3) is 5.91 Å². The first-order valence-corrected chi connectivity index (χ1v) is 9.69. The Hall–Kier alpha value is -3.21. The van der Waals surface area contributed by atoms with Gasteiger partial charge in [-0.05, 0) is 43.2 Å². The van der Waals surface area contributed by atoms with Crippen molar-refractivity contribution in [3.05, 3.63) is 65.4 Å². The van der Waals surface area contributed by atoms with E-state index in [9.17, 15) is 4.79 Å². The number of benzene rings is 2. The minimum Gasteiger partial charge on any atom is -0.461 e. The maximum Gasteiger partial charge on any atom is 0.253 e. The summed E-state index contributed by atoms with van der Waals surface area (Å²) in [6.45, 7) is 0. The molecule has 5 nitrogen and oxygen atoms in total. The number of hydrogen-bond donors (Lipinski definition) is 2. The zero-order valence-electron chi connectivity index (χ0n) is 16.1. The van der Waals surface area contributed by atoms with Crippen LogP contribution in [0.2, 0.25) is 0 Å². The van der Waals surface area contributed by atoms with Crippen LogP contribution in [0.5, 0.6) is 0 Å². The summed E-state index contributed by atoms with van der Waals surface area (Å²) in [5.41, 5.74) is 3.93. The number of H-pyrrole nitrogens is 1. The molecule has 0 saturated heterocycles. The lowest BCUT2D eigenvalue weighted by molar-refractivity contribution is 0.0828. The van der Waals surface area contributed by atoms with Gasteiger partial charge >= 0.3 is 0 Å². The summed E-state index contributed by atoms with van der Waals surface area (Å²) < 4.78 is 6.07. The largest absolute Gasteiger partial charge is 0.461 e. The summed E-state index contributed by atoms with van der Waals surface area (Å²) in [4.78, 5) is 17.4. The second-order valence-electron chi connectivity index (χ2n) is 7.77.